The van der Waals surface area contributed by atoms with Gasteiger partial charge in [-0.1, -0.05) is 42.3 Å². The third kappa shape index (κ3) is 4.92. The molecular formula is C14H21Cl2NO2S. The number of rotatable bonds is 7. The second kappa shape index (κ2) is 7.64. The van der Waals surface area contributed by atoms with Gasteiger partial charge in [-0.25, -0.2) is 8.42 Å². The minimum absolute atomic E-state index is 0.180. The van der Waals surface area contributed by atoms with Crippen LogP contribution in [0.25, 0.3) is 0 Å². The number of hydrogen-bond donors (Lipinski definition) is 1. The summed E-state index contributed by atoms with van der Waals surface area (Å²) in [5.41, 5.74) is 0.864. The second-order valence-electron chi connectivity index (χ2n) is 5.01. The van der Waals surface area contributed by atoms with Gasteiger partial charge in [-0.3, -0.25) is 0 Å². The fourth-order valence-corrected chi connectivity index (χ4v) is 3.16. The van der Waals surface area contributed by atoms with Crippen molar-refractivity contribution in [1.82, 2.24) is 5.32 Å². The van der Waals surface area contributed by atoms with Crippen LogP contribution in [-0.2, 0) is 16.3 Å². The summed E-state index contributed by atoms with van der Waals surface area (Å²) in [6.45, 7) is 4.53. The Morgan fingerprint density at radius 3 is 2.50 bits per heavy atom. The normalized spacial score (nSPS) is 15.1. The lowest BCUT2D eigenvalue weighted by Gasteiger charge is -2.24. The molecule has 0 spiro atoms. The topological polar surface area (TPSA) is 46.2 Å². The van der Waals surface area contributed by atoms with E-state index in [-0.39, 0.29) is 6.04 Å². The van der Waals surface area contributed by atoms with Crippen molar-refractivity contribution in [3.63, 3.8) is 0 Å². The van der Waals surface area contributed by atoms with Gasteiger partial charge in [0.2, 0.25) is 0 Å². The van der Waals surface area contributed by atoms with E-state index in [9.17, 15) is 8.42 Å². The van der Waals surface area contributed by atoms with Crippen molar-refractivity contribution in [2.45, 2.75) is 38.0 Å². The molecule has 0 heterocycles. The van der Waals surface area contributed by atoms with Crippen molar-refractivity contribution >= 4 is 33.0 Å². The molecule has 1 aromatic carbocycles. The molecule has 0 radical (unpaired) electrons. The average molecular weight is 338 g/mol. The summed E-state index contributed by atoms with van der Waals surface area (Å²) in [4.78, 5) is 0. The Kier molecular flexibility index (Phi) is 6.79. The highest BCUT2D eigenvalue weighted by molar-refractivity contribution is 7.91. The highest BCUT2D eigenvalue weighted by Gasteiger charge is 2.26. The molecule has 3 nitrogen and oxygen atoms in total. The molecule has 0 bridgehead atoms. The zero-order chi connectivity index (χ0) is 15.3. The Hall–Kier alpha value is -0.290. The summed E-state index contributed by atoms with van der Waals surface area (Å²) in [5.74, 6) is 0. The summed E-state index contributed by atoms with van der Waals surface area (Å²) >= 11 is 12.2. The van der Waals surface area contributed by atoms with E-state index in [0.717, 1.165) is 18.5 Å². The summed E-state index contributed by atoms with van der Waals surface area (Å²) in [7, 11) is -3.11. The molecule has 0 amide bonds. The van der Waals surface area contributed by atoms with E-state index in [4.69, 9.17) is 23.2 Å². The largest absolute Gasteiger partial charge is 0.312 e. The van der Waals surface area contributed by atoms with E-state index >= 15 is 0 Å². The first-order valence-corrected chi connectivity index (χ1v) is 9.33. The monoisotopic (exact) mass is 337 g/mol. The molecule has 1 aromatic rings. The zero-order valence-corrected chi connectivity index (χ0v) is 14.3. The maximum atomic E-state index is 11.8. The van der Waals surface area contributed by atoms with Crippen molar-refractivity contribution in [2.75, 3.05) is 12.8 Å². The molecule has 20 heavy (non-hydrogen) atoms. The zero-order valence-electron chi connectivity index (χ0n) is 12.0. The summed E-state index contributed by atoms with van der Waals surface area (Å²) < 4.78 is 23.6. The first kappa shape index (κ1) is 17.8. The SMILES string of the molecule is CCCNC(Cc1cccc(Cl)c1Cl)C(C)S(C)(=O)=O. The highest BCUT2D eigenvalue weighted by Crippen LogP contribution is 2.27. The quantitative estimate of drug-likeness (QED) is 0.829. The fourth-order valence-electron chi connectivity index (χ4n) is 1.98. The number of hydrogen-bond acceptors (Lipinski definition) is 3. The second-order valence-corrected chi connectivity index (χ2v) is 8.20. The van der Waals surface area contributed by atoms with E-state index in [0.29, 0.717) is 16.5 Å². The standard InChI is InChI=1S/C14H21Cl2NO2S/c1-4-8-17-13(10(2)20(3,18)19)9-11-6-5-7-12(15)14(11)16/h5-7,10,13,17H,4,8-9H2,1-3H3. The number of halogens is 2. The van der Waals surface area contributed by atoms with Crippen molar-refractivity contribution in [2.24, 2.45) is 0 Å². The van der Waals surface area contributed by atoms with Crippen LogP contribution >= 0.6 is 23.2 Å². The van der Waals surface area contributed by atoms with Crippen LogP contribution in [0.4, 0.5) is 0 Å². The number of sulfone groups is 1. The van der Waals surface area contributed by atoms with Gasteiger partial charge in [0.25, 0.3) is 0 Å². The first-order chi connectivity index (χ1) is 9.27. The molecule has 0 saturated carbocycles. The Labute approximate surface area is 131 Å². The van der Waals surface area contributed by atoms with Crippen LogP contribution in [0, 0.1) is 0 Å². The lowest BCUT2D eigenvalue weighted by Crippen LogP contribution is -2.44. The molecule has 0 aliphatic rings. The Morgan fingerprint density at radius 1 is 1.30 bits per heavy atom. The Balaban J connectivity index is 2.97. The third-order valence-electron chi connectivity index (χ3n) is 3.37. The van der Waals surface area contributed by atoms with Crippen LogP contribution in [0.1, 0.15) is 25.8 Å². The maximum absolute atomic E-state index is 11.8. The average Bonchev–Trinajstić information content (AvgIpc) is 2.37. The third-order valence-corrected chi connectivity index (χ3v) is 5.91. The van der Waals surface area contributed by atoms with E-state index in [1.54, 1.807) is 13.0 Å². The van der Waals surface area contributed by atoms with Crippen molar-refractivity contribution in [3.8, 4) is 0 Å². The van der Waals surface area contributed by atoms with E-state index < -0.39 is 15.1 Å². The molecular weight excluding hydrogens is 317 g/mol. The molecule has 0 fully saturated rings. The van der Waals surface area contributed by atoms with Crippen molar-refractivity contribution in [1.29, 1.82) is 0 Å². The Morgan fingerprint density at radius 2 is 1.95 bits per heavy atom. The van der Waals surface area contributed by atoms with Crippen LogP contribution in [-0.4, -0.2) is 32.5 Å². The van der Waals surface area contributed by atoms with Gasteiger partial charge < -0.3 is 5.32 Å². The smallest absolute Gasteiger partial charge is 0.151 e. The molecule has 2 atom stereocenters. The minimum Gasteiger partial charge on any atom is -0.312 e. The first-order valence-electron chi connectivity index (χ1n) is 6.62. The van der Waals surface area contributed by atoms with Gasteiger partial charge >= 0.3 is 0 Å². The number of benzene rings is 1. The lowest BCUT2D eigenvalue weighted by molar-refractivity contribution is 0.482. The van der Waals surface area contributed by atoms with E-state index in [1.165, 1.54) is 6.26 Å². The maximum Gasteiger partial charge on any atom is 0.151 e. The minimum atomic E-state index is -3.11. The highest BCUT2D eigenvalue weighted by atomic mass is 35.5. The van der Waals surface area contributed by atoms with Crippen molar-refractivity contribution in [3.05, 3.63) is 33.8 Å². The molecule has 1 N–H and O–H groups in total. The van der Waals surface area contributed by atoms with Crippen molar-refractivity contribution < 1.29 is 8.42 Å². The molecule has 6 heteroatoms. The van der Waals surface area contributed by atoms with Gasteiger partial charge in [0.15, 0.2) is 9.84 Å². The molecule has 114 valence electrons. The van der Waals surface area contributed by atoms with E-state index in [2.05, 4.69) is 5.32 Å². The van der Waals surface area contributed by atoms with E-state index in [1.807, 2.05) is 19.1 Å². The Bertz CT molecular complexity index is 546. The van der Waals surface area contributed by atoms with Crippen LogP contribution < -0.4 is 5.32 Å². The summed E-state index contributed by atoms with van der Waals surface area (Å²) in [5, 5.41) is 3.80. The van der Waals surface area contributed by atoms with Crippen LogP contribution in [0.5, 0.6) is 0 Å². The van der Waals surface area contributed by atoms with Crippen LogP contribution in [0.3, 0.4) is 0 Å². The predicted octanol–water partition coefficient (Wildman–Crippen LogP) is 3.34. The van der Waals surface area contributed by atoms with Gasteiger partial charge in [0.1, 0.15) is 0 Å². The summed E-state index contributed by atoms with van der Waals surface area (Å²) in [6, 6.07) is 5.25. The van der Waals surface area contributed by atoms with Crippen LogP contribution in [0.2, 0.25) is 10.0 Å². The fraction of sp³-hybridized carbons (Fsp3) is 0.571. The molecule has 0 aromatic heterocycles. The van der Waals surface area contributed by atoms with Gasteiger partial charge in [0, 0.05) is 12.3 Å². The molecule has 0 aliphatic carbocycles. The molecule has 1 rings (SSSR count). The van der Waals surface area contributed by atoms with Gasteiger partial charge in [-0.05, 0) is 37.9 Å². The lowest BCUT2D eigenvalue weighted by atomic mass is 10.0. The number of nitrogens with one attached hydrogen (secondary N) is 1. The predicted molar refractivity (Wildman–Crippen MR) is 86.6 cm³/mol. The molecule has 2 unspecified atom stereocenters. The molecule has 0 saturated heterocycles. The van der Waals surface area contributed by atoms with Crippen LogP contribution in [0.15, 0.2) is 18.2 Å². The van der Waals surface area contributed by atoms with Gasteiger partial charge in [-0.2, -0.15) is 0 Å². The van der Waals surface area contributed by atoms with Gasteiger partial charge in [-0.15, -0.1) is 0 Å². The summed E-state index contributed by atoms with van der Waals surface area (Å²) in [6.07, 6.45) is 2.74. The molecule has 0 aliphatic heterocycles. The van der Waals surface area contributed by atoms with Gasteiger partial charge in [0.05, 0.1) is 15.3 Å².